The Balaban J connectivity index is 2.08. The highest BCUT2D eigenvalue weighted by molar-refractivity contribution is 7.89. The van der Waals surface area contributed by atoms with Crippen molar-refractivity contribution in [3.63, 3.8) is 0 Å². The number of carbonyl (C=O) groups excluding carboxylic acids is 1. The lowest BCUT2D eigenvalue weighted by molar-refractivity contribution is 0.0978. The highest BCUT2D eigenvalue weighted by atomic mass is 32.2. The number of ether oxygens (including phenoxy) is 1. The van der Waals surface area contributed by atoms with E-state index in [4.69, 9.17) is 4.74 Å². The van der Waals surface area contributed by atoms with E-state index in [2.05, 4.69) is 0 Å². The number of anilines is 1. The highest BCUT2D eigenvalue weighted by Gasteiger charge is 2.33. The van der Waals surface area contributed by atoms with Gasteiger partial charge in [0, 0.05) is 24.8 Å². The van der Waals surface area contributed by atoms with Crippen molar-refractivity contribution < 1.29 is 17.9 Å². The first-order valence-electron chi connectivity index (χ1n) is 9.44. The molecule has 1 unspecified atom stereocenters. The molecule has 0 aliphatic carbocycles. The third-order valence-corrected chi connectivity index (χ3v) is 7.22. The molecule has 0 radical (unpaired) electrons. The number of nitrogens with zero attached hydrogens (tertiary/aromatic N) is 2. The van der Waals surface area contributed by atoms with Crippen molar-refractivity contribution in [2.45, 2.75) is 38.1 Å². The quantitative estimate of drug-likeness (QED) is 0.743. The van der Waals surface area contributed by atoms with Crippen LogP contribution in [0.4, 0.5) is 5.69 Å². The van der Waals surface area contributed by atoms with Crippen LogP contribution in [0.2, 0.25) is 0 Å². The van der Waals surface area contributed by atoms with Gasteiger partial charge in [-0.25, -0.2) is 8.42 Å². The maximum Gasteiger partial charge on any atom is 0.262 e. The Hall–Kier alpha value is -2.38. The van der Waals surface area contributed by atoms with Gasteiger partial charge in [0.25, 0.3) is 5.91 Å². The van der Waals surface area contributed by atoms with Crippen LogP contribution in [0.25, 0.3) is 0 Å². The lowest BCUT2D eigenvalue weighted by Gasteiger charge is -2.24. The van der Waals surface area contributed by atoms with Crippen molar-refractivity contribution in [3.8, 4) is 5.75 Å². The molecule has 2 aromatic rings. The molecule has 7 heteroatoms. The Morgan fingerprint density at radius 3 is 2.50 bits per heavy atom. The van der Waals surface area contributed by atoms with Crippen LogP contribution in [0.3, 0.4) is 0 Å². The van der Waals surface area contributed by atoms with Gasteiger partial charge in [-0.2, -0.15) is 4.31 Å². The number of sulfonamides is 1. The number of amides is 1. The minimum atomic E-state index is -3.67. The summed E-state index contributed by atoms with van der Waals surface area (Å²) < 4.78 is 32.6. The third-order valence-electron chi connectivity index (χ3n) is 5.17. The average molecular weight is 403 g/mol. The Morgan fingerprint density at radius 2 is 1.86 bits per heavy atom. The molecule has 28 heavy (non-hydrogen) atoms. The summed E-state index contributed by atoms with van der Waals surface area (Å²) in [6.45, 7) is 6.30. The predicted molar refractivity (Wildman–Crippen MR) is 110 cm³/mol. The molecule has 150 valence electrons. The molecule has 0 saturated carbocycles. The van der Waals surface area contributed by atoms with E-state index in [1.54, 1.807) is 24.8 Å². The normalized spacial score (nSPS) is 16.3. The summed E-state index contributed by atoms with van der Waals surface area (Å²) in [5.74, 6) is 0.103. The molecule has 1 aliphatic rings. The van der Waals surface area contributed by atoms with E-state index in [1.165, 1.54) is 23.5 Å². The first-order chi connectivity index (χ1) is 13.3. The van der Waals surface area contributed by atoms with Gasteiger partial charge in [-0.1, -0.05) is 32.0 Å². The minimum absolute atomic E-state index is 0.0161. The number of methoxy groups -OCH3 is 1. The molecule has 0 aromatic heterocycles. The van der Waals surface area contributed by atoms with Gasteiger partial charge in [0.05, 0.1) is 17.6 Å². The van der Waals surface area contributed by atoms with Crippen molar-refractivity contribution in [1.82, 2.24) is 4.31 Å². The summed E-state index contributed by atoms with van der Waals surface area (Å²) in [5.41, 5.74) is 2.22. The molecule has 0 saturated heterocycles. The van der Waals surface area contributed by atoms with Gasteiger partial charge in [-0.05, 0) is 43.2 Å². The van der Waals surface area contributed by atoms with Crippen LogP contribution in [0.1, 0.15) is 36.7 Å². The van der Waals surface area contributed by atoms with E-state index < -0.39 is 10.0 Å². The first-order valence-corrected chi connectivity index (χ1v) is 10.9. The molecular formula is C21H26N2O4S. The smallest absolute Gasteiger partial charge is 0.262 e. The van der Waals surface area contributed by atoms with Crippen LogP contribution in [0.5, 0.6) is 5.75 Å². The lowest BCUT2D eigenvalue weighted by atomic mass is 10.1. The summed E-state index contributed by atoms with van der Waals surface area (Å²) in [5, 5.41) is 0. The van der Waals surface area contributed by atoms with Crippen molar-refractivity contribution in [2.75, 3.05) is 25.1 Å². The number of hydrogen-bond acceptors (Lipinski definition) is 4. The molecule has 1 heterocycles. The van der Waals surface area contributed by atoms with Crippen LogP contribution in [-0.4, -0.2) is 44.9 Å². The SMILES string of the molecule is CCN(CC)S(=O)(=O)c1ccc(OC)c(C(=O)N2c3ccccc3CC2C)c1. The summed E-state index contributed by atoms with van der Waals surface area (Å²) in [6.07, 6.45) is 0.766. The minimum Gasteiger partial charge on any atom is -0.496 e. The lowest BCUT2D eigenvalue weighted by Crippen LogP contribution is -2.36. The zero-order chi connectivity index (χ0) is 20.5. The molecule has 3 rings (SSSR count). The zero-order valence-corrected chi connectivity index (χ0v) is 17.5. The van der Waals surface area contributed by atoms with Crippen molar-refractivity contribution in [3.05, 3.63) is 53.6 Å². The maximum absolute atomic E-state index is 13.4. The number of fused-ring (bicyclic) bond motifs is 1. The Morgan fingerprint density at radius 1 is 1.18 bits per heavy atom. The second-order valence-corrected chi connectivity index (χ2v) is 8.75. The summed E-state index contributed by atoms with van der Waals surface area (Å²) >= 11 is 0. The third kappa shape index (κ3) is 3.40. The van der Waals surface area contributed by atoms with Crippen LogP contribution in [-0.2, 0) is 16.4 Å². The Bertz CT molecular complexity index is 984. The number of hydrogen-bond donors (Lipinski definition) is 0. The van der Waals surface area contributed by atoms with Gasteiger partial charge in [-0.3, -0.25) is 4.79 Å². The van der Waals surface area contributed by atoms with Crippen LogP contribution >= 0.6 is 0 Å². The largest absolute Gasteiger partial charge is 0.496 e. The predicted octanol–water partition coefficient (Wildman–Crippen LogP) is 3.32. The van der Waals surface area contributed by atoms with Crippen molar-refractivity contribution in [1.29, 1.82) is 0 Å². The van der Waals surface area contributed by atoms with Crippen LogP contribution < -0.4 is 9.64 Å². The molecule has 0 spiro atoms. The molecule has 1 amide bonds. The Labute approximate surface area is 166 Å². The molecular weight excluding hydrogens is 376 g/mol. The van der Waals surface area contributed by atoms with Gasteiger partial charge in [0.1, 0.15) is 5.75 Å². The summed E-state index contributed by atoms with van der Waals surface area (Å²) in [4.78, 5) is 15.2. The molecule has 1 aliphatic heterocycles. The van der Waals surface area contributed by atoms with E-state index in [9.17, 15) is 13.2 Å². The second kappa shape index (κ2) is 7.93. The fraction of sp³-hybridized carbons (Fsp3) is 0.381. The molecule has 0 bridgehead atoms. The van der Waals surface area contributed by atoms with Gasteiger partial charge >= 0.3 is 0 Å². The highest BCUT2D eigenvalue weighted by Crippen LogP contribution is 2.35. The van der Waals surface area contributed by atoms with Gasteiger partial charge < -0.3 is 9.64 Å². The number of para-hydroxylation sites is 1. The zero-order valence-electron chi connectivity index (χ0n) is 16.7. The van der Waals surface area contributed by atoms with Crippen molar-refractivity contribution in [2.24, 2.45) is 0 Å². The van der Waals surface area contributed by atoms with Crippen molar-refractivity contribution >= 4 is 21.6 Å². The van der Waals surface area contributed by atoms with E-state index >= 15 is 0 Å². The molecule has 6 nitrogen and oxygen atoms in total. The average Bonchev–Trinajstić information content (AvgIpc) is 3.03. The summed E-state index contributed by atoms with van der Waals surface area (Å²) in [6, 6.07) is 12.2. The molecule has 0 N–H and O–H groups in total. The number of benzene rings is 2. The fourth-order valence-electron chi connectivity index (χ4n) is 3.73. The summed E-state index contributed by atoms with van der Waals surface area (Å²) in [7, 11) is -2.19. The fourth-order valence-corrected chi connectivity index (χ4v) is 5.22. The standard InChI is InChI=1S/C21H26N2O4S/c1-5-22(6-2)28(25,26)17-11-12-20(27-4)18(14-17)21(24)23-15(3)13-16-9-7-8-10-19(16)23/h7-12,14-15H,5-6,13H2,1-4H3. The van der Waals surface area contributed by atoms with Crippen LogP contribution in [0, 0.1) is 0 Å². The molecule has 1 atom stereocenters. The van der Waals surface area contributed by atoms with Gasteiger partial charge in [0.2, 0.25) is 10.0 Å². The molecule has 0 fully saturated rings. The van der Waals surface area contributed by atoms with Gasteiger partial charge in [-0.15, -0.1) is 0 Å². The van der Waals surface area contributed by atoms with Gasteiger partial charge in [0.15, 0.2) is 0 Å². The van der Waals surface area contributed by atoms with E-state index in [-0.39, 0.29) is 22.4 Å². The maximum atomic E-state index is 13.4. The monoisotopic (exact) mass is 402 g/mol. The number of carbonyl (C=O) groups is 1. The van der Waals surface area contributed by atoms with Crippen LogP contribution in [0.15, 0.2) is 47.4 Å². The van der Waals surface area contributed by atoms with E-state index in [0.717, 1.165) is 17.7 Å². The van der Waals surface area contributed by atoms with E-state index in [0.29, 0.717) is 18.8 Å². The first kappa shape index (κ1) is 20.4. The topological polar surface area (TPSA) is 66.9 Å². The Kier molecular flexibility index (Phi) is 5.76. The number of rotatable bonds is 6. The second-order valence-electron chi connectivity index (χ2n) is 6.81. The molecule has 2 aromatic carbocycles. The van der Waals surface area contributed by atoms with E-state index in [1.807, 2.05) is 31.2 Å².